The van der Waals surface area contributed by atoms with Crippen molar-refractivity contribution >= 4 is 41.9 Å². The number of rotatable bonds is 9. The molecule has 0 N–H and O–H groups in total. The maximum absolute atomic E-state index is 13.0. The molecule has 0 radical (unpaired) electrons. The Balaban J connectivity index is 0.000000260. The zero-order valence-corrected chi connectivity index (χ0v) is 28.5. The summed E-state index contributed by atoms with van der Waals surface area (Å²) in [6.45, 7) is 5.91. The van der Waals surface area contributed by atoms with E-state index in [1.165, 1.54) is 32.2 Å². The molecule has 48 heavy (non-hydrogen) atoms. The zero-order chi connectivity index (χ0) is 36.2. The number of hydrogen-bond acceptors (Lipinski definition) is 16. The van der Waals surface area contributed by atoms with E-state index in [1.807, 2.05) is 0 Å². The van der Waals surface area contributed by atoms with Crippen LogP contribution in [0.25, 0.3) is 0 Å². The van der Waals surface area contributed by atoms with Crippen molar-refractivity contribution < 1.29 is 57.4 Å². The van der Waals surface area contributed by atoms with Crippen LogP contribution in [0, 0.1) is 27.7 Å². The summed E-state index contributed by atoms with van der Waals surface area (Å²) < 4.78 is 119. The number of benzene rings is 2. The van der Waals surface area contributed by atoms with Gasteiger partial charge in [-0.05, 0) is 61.3 Å². The molecule has 0 fully saturated rings. The van der Waals surface area contributed by atoms with E-state index in [1.54, 1.807) is 13.8 Å². The molecule has 0 saturated carbocycles. The summed E-state index contributed by atoms with van der Waals surface area (Å²) in [6, 6.07) is 4.46. The van der Waals surface area contributed by atoms with Gasteiger partial charge in [0.1, 0.15) is 11.4 Å². The van der Waals surface area contributed by atoms with Gasteiger partial charge in [0.05, 0.1) is 32.7 Å². The standard InChI is InChI=1S/C13H12F3N3O4S.C13H15N3O6S2/c1-7-9(6-17-22-12-8(2)18-23-19-12)4-5-10(13(14,15)16)11(7)24(3,20)21;1-8-10(7-14-21-13-9(2)15-22-16-13)5-6-11(23(3,17)18)12(8)24(4,19)20/h4-6H,1-3H3;5-7H,1-4H3/b17-6+;14-7+. The number of halogens is 3. The molecule has 2 aromatic heterocycles. The first kappa shape index (κ1) is 37.8. The van der Waals surface area contributed by atoms with Gasteiger partial charge in [-0.25, -0.2) is 34.5 Å². The predicted octanol–water partition coefficient (Wildman–Crippen LogP) is 3.43. The summed E-state index contributed by atoms with van der Waals surface area (Å²) in [7, 11) is -11.6. The minimum Gasteiger partial charge on any atom is -0.331 e. The average molecular weight is 737 g/mol. The van der Waals surface area contributed by atoms with Gasteiger partial charge in [0.2, 0.25) is 0 Å². The van der Waals surface area contributed by atoms with Gasteiger partial charge in [-0.3, -0.25) is 0 Å². The second kappa shape index (κ2) is 14.2. The van der Waals surface area contributed by atoms with Crippen molar-refractivity contribution in [3.63, 3.8) is 0 Å². The van der Waals surface area contributed by atoms with E-state index in [2.05, 4.69) is 40.2 Å². The fraction of sp³-hybridized carbons (Fsp3) is 0.308. The highest BCUT2D eigenvalue weighted by Gasteiger charge is 2.37. The first-order valence-electron chi connectivity index (χ1n) is 13.0. The van der Waals surface area contributed by atoms with Crippen molar-refractivity contribution in [2.75, 3.05) is 18.8 Å². The third-order valence-corrected chi connectivity index (χ3v) is 9.99. The molecule has 16 nitrogen and oxygen atoms in total. The molecule has 0 bridgehead atoms. The van der Waals surface area contributed by atoms with Crippen molar-refractivity contribution in [2.45, 2.75) is 48.6 Å². The molecule has 0 saturated heterocycles. The lowest BCUT2D eigenvalue weighted by molar-refractivity contribution is -0.139. The first-order valence-corrected chi connectivity index (χ1v) is 18.6. The van der Waals surface area contributed by atoms with Crippen LogP contribution in [0.5, 0.6) is 11.8 Å². The van der Waals surface area contributed by atoms with Crippen molar-refractivity contribution in [1.82, 2.24) is 20.6 Å². The molecular formula is C26H27F3N6O10S3. The highest BCUT2D eigenvalue weighted by molar-refractivity contribution is 7.93. The lowest BCUT2D eigenvalue weighted by atomic mass is 10.1. The number of oxime groups is 2. The molecule has 0 aliphatic rings. The fourth-order valence-corrected chi connectivity index (χ4v) is 8.08. The van der Waals surface area contributed by atoms with Gasteiger partial charge in [-0.1, -0.05) is 32.8 Å². The van der Waals surface area contributed by atoms with Crippen LogP contribution >= 0.6 is 0 Å². The summed E-state index contributed by atoms with van der Waals surface area (Å²) in [5.41, 5.74) is 0.199. The molecule has 4 aromatic rings. The van der Waals surface area contributed by atoms with Crippen LogP contribution in [0.15, 0.2) is 58.5 Å². The summed E-state index contributed by atoms with van der Waals surface area (Å²) in [5, 5.41) is 21.1. The fourth-order valence-electron chi connectivity index (χ4n) is 4.00. The lowest BCUT2D eigenvalue weighted by Crippen LogP contribution is -2.15. The molecule has 0 unspecified atom stereocenters. The Labute approximate surface area is 272 Å². The van der Waals surface area contributed by atoms with Crippen molar-refractivity contribution in [2.24, 2.45) is 10.3 Å². The maximum atomic E-state index is 13.0. The van der Waals surface area contributed by atoms with Crippen LogP contribution in [0.4, 0.5) is 13.2 Å². The second-order valence-electron chi connectivity index (χ2n) is 10.0. The van der Waals surface area contributed by atoms with Crippen LogP contribution in [0.1, 0.15) is 39.2 Å². The molecule has 0 spiro atoms. The Morgan fingerprint density at radius 1 is 0.646 bits per heavy atom. The van der Waals surface area contributed by atoms with Crippen LogP contribution in [-0.4, -0.2) is 77.1 Å². The van der Waals surface area contributed by atoms with Gasteiger partial charge in [0.15, 0.2) is 29.5 Å². The highest BCUT2D eigenvalue weighted by atomic mass is 32.2. The minimum atomic E-state index is -4.79. The Morgan fingerprint density at radius 3 is 1.42 bits per heavy atom. The van der Waals surface area contributed by atoms with E-state index in [9.17, 15) is 38.4 Å². The summed E-state index contributed by atoms with van der Waals surface area (Å²) in [6.07, 6.45) is 0.160. The molecule has 0 aliphatic heterocycles. The van der Waals surface area contributed by atoms with Gasteiger partial charge >= 0.3 is 17.9 Å². The Morgan fingerprint density at radius 2 is 1.06 bits per heavy atom. The number of hydrogen-bond donors (Lipinski definition) is 0. The van der Waals surface area contributed by atoms with Crippen LogP contribution in [0.2, 0.25) is 0 Å². The quantitative estimate of drug-likeness (QED) is 0.177. The topological polar surface area (TPSA) is 223 Å². The van der Waals surface area contributed by atoms with Crippen molar-refractivity contribution in [1.29, 1.82) is 0 Å². The Bertz CT molecular complexity index is 2210. The number of aromatic nitrogens is 4. The first-order chi connectivity index (χ1) is 22.0. The van der Waals surface area contributed by atoms with Crippen LogP contribution in [0.3, 0.4) is 0 Å². The van der Waals surface area contributed by atoms with Gasteiger partial charge in [0.25, 0.3) is 0 Å². The van der Waals surface area contributed by atoms with Gasteiger partial charge in [-0.15, -0.1) is 0 Å². The second-order valence-corrected chi connectivity index (χ2v) is 15.9. The third kappa shape index (κ3) is 9.22. The number of alkyl halides is 3. The molecule has 0 amide bonds. The van der Waals surface area contributed by atoms with Crippen LogP contribution < -0.4 is 9.68 Å². The summed E-state index contributed by atoms with van der Waals surface area (Å²) in [4.78, 5) is 8.58. The molecule has 2 aromatic carbocycles. The monoisotopic (exact) mass is 736 g/mol. The third-order valence-electron chi connectivity index (χ3n) is 6.19. The molecule has 4 rings (SSSR count). The van der Waals surface area contributed by atoms with E-state index in [4.69, 9.17) is 9.68 Å². The SMILES string of the molecule is Cc1nonc1O/N=C/c1ccc(C(F)(F)F)c(S(C)(=O)=O)c1C.Cc1nonc1O/N=C/c1ccc(S(C)(=O)=O)c(S(C)(=O)=O)c1C. The van der Waals surface area contributed by atoms with E-state index >= 15 is 0 Å². The minimum absolute atomic E-state index is 0.0147. The molecule has 260 valence electrons. The Kier molecular flexibility index (Phi) is 11.2. The van der Waals surface area contributed by atoms with E-state index in [-0.39, 0.29) is 38.2 Å². The maximum Gasteiger partial charge on any atom is 0.417 e. The predicted molar refractivity (Wildman–Crippen MR) is 161 cm³/mol. The lowest BCUT2D eigenvalue weighted by Gasteiger charge is -2.15. The largest absolute Gasteiger partial charge is 0.417 e. The van der Waals surface area contributed by atoms with E-state index in [0.717, 1.165) is 24.8 Å². The Hall–Kier alpha value is -4.70. The molecular weight excluding hydrogens is 710 g/mol. The molecule has 0 atom stereocenters. The smallest absolute Gasteiger partial charge is 0.331 e. The number of nitrogens with zero attached hydrogens (tertiary/aromatic N) is 6. The molecule has 2 heterocycles. The van der Waals surface area contributed by atoms with Gasteiger partial charge in [-0.2, -0.15) is 13.2 Å². The summed E-state index contributed by atoms with van der Waals surface area (Å²) >= 11 is 0. The van der Waals surface area contributed by atoms with Crippen molar-refractivity contribution in [3.8, 4) is 11.8 Å². The van der Waals surface area contributed by atoms with E-state index in [0.29, 0.717) is 29.3 Å². The number of sulfone groups is 3. The molecule has 0 aliphatic carbocycles. The zero-order valence-electron chi connectivity index (χ0n) is 26.1. The highest BCUT2D eigenvalue weighted by Crippen LogP contribution is 2.36. The van der Waals surface area contributed by atoms with Crippen molar-refractivity contribution in [3.05, 3.63) is 63.5 Å². The van der Waals surface area contributed by atoms with Crippen LogP contribution in [-0.2, 0) is 35.7 Å². The van der Waals surface area contributed by atoms with E-state index < -0.39 is 46.1 Å². The molecule has 22 heteroatoms. The summed E-state index contributed by atoms with van der Waals surface area (Å²) in [5.74, 6) is 0.0548. The number of aryl methyl sites for hydroxylation is 2. The normalized spacial score (nSPS) is 12.7. The van der Waals surface area contributed by atoms with Gasteiger partial charge in [0, 0.05) is 29.9 Å². The average Bonchev–Trinajstić information content (AvgIpc) is 3.55. The van der Waals surface area contributed by atoms with Gasteiger partial charge < -0.3 is 9.68 Å².